The molecular formula is C130H92N6. The fourth-order valence-electron chi connectivity index (χ4n) is 19.7. The zero-order valence-corrected chi connectivity index (χ0v) is 74.8. The Bertz CT molecular complexity index is 8510. The summed E-state index contributed by atoms with van der Waals surface area (Å²) >= 11 is 0. The second-order valence-corrected chi connectivity index (χ2v) is 34.3. The van der Waals surface area contributed by atoms with Gasteiger partial charge in [-0.25, -0.2) is 0 Å². The van der Waals surface area contributed by atoms with Gasteiger partial charge < -0.3 is 28.4 Å². The molecule has 25 aromatic rings. The van der Waals surface area contributed by atoms with E-state index in [1.165, 1.54) is 160 Å². The lowest BCUT2D eigenvalue weighted by atomic mass is 9.95. The van der Waals surface area contributed by atoms with Crippen LogP contribution in [0.5, 0.6) is 0 Å². The van der Waals surface area contributed by atoms with Crippen LogP contribution in [-0.4, -0.2) is 13.7 Å². The zero-order chi connectivity index (χ0) is 90.5. The molecule has 0 spiro atoms. The minimum Gasteiger partial charge on any atom is -0.311 e. The van der Waals surface area contributed by atoms with Crippen LogP contribution in [0.2, 0.25) is 0 Å². The van der Waals surface area contributed by atoms with E-state index in [0.29, 0.717) is 0 Å². The number of aromatic nitrogens is 3. The van der Waals surface area contributed by atoms with Crippen LogP contribution >= 0.6 is 0 Å². The highest BCUT2D eigenvalue weighted by Crippen LogP contribution is 2.47. The van der Waals surface area contributed by atoms with E-state index in [1.54, 1.807) is 0 Å². The normalized spacial score (nSPS) is 11.2. The molecule has 25 rings (SSSR count). The monoisotopic (exact) mass is 1740 g/mol. The number of benzene rings is 22. The van der Waals surface area contributed by atoms with E-state index in [2.05, 4.69) is 587 Å². The van der Waals surface area contributed by atoms with Gasteiger partial charge in [-0.05, 0) is 266 Å². The summed E-state index contributed by atoms with van der Waals surface area (Å²) in [6, 6.07) is 200. The molecule has 0 N–H and O–H groups in total. The first kappa shape index (κ1) is 82.3. The molecule has 0 unspecified atom stereocenters. The quantitative estimate of drug-likeness (QED) is 0.0856. The SMILES string of the molecule is c1ccc(-c2ccc(N(c3ccccc3)c3ccc(-c4ccc5c(c4)c4ccccc4n5-c4ccccc4)c4ccccc34)cc2)cc1.c1ccc(-c2ccc(N(c3ccccc3)c3ccc(-c4ccc5c(c4)c4ccccc4n5-c4ccccc4)cc3)cc2)cc1.c1ccc(-c2ccc(N(c3ccccc3)c3cccc(-c4ccc5c(c4)c4ccccc4n5-c4ccccc4)c3)cc2)cc1. The Morgan fingerprint density at radius 1 is 0.118 bits per heavy atom. The molecule has 3 aromatic heterocycles. The number of para-hydroxylation sites is 9. The molecule has 3 heterocycles. The lowest BCUT2D eigenvalue weighted by molar-refractivity contribution is 1.18. The van der Waals surface area contributed by atoms with Gasteiger partial charge in [0.2, 0.25) is 0 Å². The molecule has 136 heavy (non-hydrogen) atoms. The van der Waals surface area contributed by atoms with Gasteiger partial charge in [0.25, 0.3) is 0 Å². The van der Waals surface area contributed by atoms with Crippen molar-refractivity contribution in [2.45, 2.75) is 0 Å². The van der Waals surface area contributed by atoms with Crippen molar-refractivity contribution in [2.75, 3.05) is 14.7 Å². The molecule has 0 bridgehead atoms. The Labute approximate surface area is 792 Å². The molecule has 0 aliphatic carbocycles. The van der Waals surface area contributed by atoms with Gasteiger partial charge in [-0.15, -0.1) is 0 Å². The molecule has 0 amide bonds. The summed E-state index contributed by atoms with van der Waals surface area (Å²) < 4.78 is 7.09. The van der Waals surface area contributed by atoms with Crippen LogP contribution < -0.4 is 14.7 Å². The zero-order valence-electron chi connectivity index (χ0n) is 74.8. The van der Waals surface area contributed by atoms with E-state index in [4.69, 9.17) is 0 Å². The van der Waals surface area contributed by atoms with Gasteiger partial charge in [0.1, 0.15) is 0 Å². The molecule has 0 saturated carbocycles. The van der Waals surface area contributed by atoms with Crippen LogP contribution in [-0.2, 0) is 0 Å². The van der Waals surface area contributed by atoms with Gasteiger partial charge in [0, 0.05) is 100 Å². The number of rotatable bonds is 18. The summed E-state index contributed by atoms with van der Waals surface area (Å²) in [5, 5.41) is 9.98. The van der Waals surface area contributed by atoms with Crippen molar-refractivity contribution in [3.05, 3.63) is 558 Å². The summed E-state index contributed by atoms with van der Waals surface area (Å²) in [6.07, 6.45) is 0. The minimum absolute atomic E-state index is 1.12. The molecule has 0 aliphatic rings. The van der Waals surface area contributed by atoms with Gasteiger partial charge >= 0.3 is 0 Å². The van der Waals surface area contributed by atoms with Crippen molar-refractivity contribution in [3.8, 4) is 83.8 Å². The summed E-state index contributed by atoms with van der Waals surface area (Å²) in [5.41, 5.74) is 35.4. The number of fused-ring (bicyclic) bond motifs is 10. The average molecular weight is 1740 g/mol. The Morgan fingerprint density at radius 3 is 0.721 bits per heavy atom. The largest absolute Gasteiger partial charge is 0.311 e. The van der Waals surface area contributed by atoms with Gasteiger partial charge in [0.15, 0.2) is 0 Å². The van der Waals surface area contributed by atoms with Crippen molar-refractivity contribution < 1.29 is 0 Å². The van der Waals surface area contributed by atoms with Crippen LogP contribution in [0.25, 0.3) is 160 Å². The Hall–Kier alpha value is -18.1. The summed E-state index contributed by atoms with van der Waals surface area (Å²) in [7, 11) is 0. The molecule has 6 nitrogen and oxygen atoms in total. The second-order valence-electron chi connectivity index (χ2n) is 34.3. The maximum Gasteiger partial charge on any atom is 0.0541 e. The molecule has 0 radical (unpaired) electrons. The number of anilines is 9. The van der Waals surface area contributed by atoms with Gasteiger partial charge in [-0.1, -0.05) is 364 Å². The van der Waals surface area contributed by atoms with Crippen molar-refractivity contribution >= 4 is 127 Å². The van der Waals surface area contributed by atoms with Crippen molar-refractivity contribution in [2.24, 2.45) is 0 Å². The lowest BCUT2D eigenvalue weighted by Gasteiger charge is -2.27. The van der Waals surface area contributed by atoms with Crippen molar-refractivity contribution in [1.82, 2.24) is 13.7 Å². The molecule has 22 aromatic carbocycles. The van der Waals surface area contributed by atoms with E-state index in [0.717, 1.165) is 51.2 Å². The first-order chi connectivity index (χ1) is 67.5. The summed E-state index contributed by atoms with van der Waals surface area (Å²) in [4.78, 5) is 7.02. The maximum absolute atomic E-state index is 2.37. The molecule has 0 fully saturated rings. The first-order valence-electron chi connectivity index (χ1n) is 46.5. The molecule has 6 heteroatoms. The van der Waals surface area contributed by atoms with E-state index in [1.807, 2.05) is 0 Å². The number of hydrogen-bond donors (Lipinski definition) is 0. The third-order valence-electron chi connectivity index (χ3n) is 26.2. The van der Waals surface area contributed by atoms with E-state index in [-0.39, 0.29) is 0 Å². The van der Waals surface area contributed by atoms with Crippen LogP contribution in [0.1, 0.15) is 0 Å². The highest BCUT2D eigenvalue weighted by molar-refractivity contribution is 6.15. The molecule has 0 atom stereocenters. The summed E-state index contributed by atoms with van der Waals surface area (Å²) in [5.74, 6) is 0. The van der Waals surface area contributed by atoms with E-state index in [9.17, 15) is 0 Å². The summed E-state index contributed by atoms with van der Waals surface area (Å²) in [6.45, 7) is 0. The van der Waals surface area contributed by atoms with Crippen LogP contribution in [0.15, 0.2) is 558 Å². The predicted molar refractivity (Wildman–Crippen MR) is 577 cm³/mol. The Balaban J connectivity index is 0.000000115. The van der Waals surface area contributed by atoms with Gasteiger partial charge in [-0.3, -0.25) is 0 Å². The fourth-order valence-corrected chi connectivity index (χ4v) is 19.7. The van der Waals surface area contributed by atoms with Crippen LogP contribution in [0.4, 0.5) is 51.2 Å². The maximum atomic E-state index is 2.37. The Kier molecular flexibility index (Phi) is 22.4. The predicted octanol–water partition coefficient (Wildman–Crippen LogP) is 35.9. The highest BCUT2D eigenvalue weighted by Gasteiger charge is 2.23. The van der Waals surface area contributed by atoms with Gasteiger partial charge in [-0.2, -0.15) is 0 Å². The second kappa shape index (κ2) is 37.0. The molecular weight excluding hydrogens is 1650 g/mol. The third kappa shape index (κ3) is 16.1. The van der Waals surface area contributed by atoms with Crippen LogP contribution in [0, 0.1) is 0 Å². The minimum atomic E-state index is 1.12. The van der Waals surface area contributed by atoms with E-state index >= 15 is 0 Å². The average Bonchev–Trinajstić information content (AvgIpc) is 1.64. The first-order valence-corrected chi connectivity index (χ1v) is 46.5. The van der Waals surface area contributed by atoms with Crippen LogP contribution in [0.3, 0.4) is 0 Å². The highest BCUT2D eigenvalue weighted by atomic mass is 15.2. The fraction of sp³-hybridized carbons (Fsp3) is 0. The van der Waals surface area contributed by atoms with Crippen molar-refractivity contribution in [3.63, 3.8) is 0 Å². The van der Waals surface area contributed by atoms with Gasteiger partial charge in [0.05, 0.1) is 38.8 Å². The third-order valence-corrected chi connectivity index (χ3v) is 26.2. The van der Waals surface area contributed by atoms with Crippen molar-refractivity contribution in [1.29, 1.82) is 0 Å². The number of nitrogens with zero attached hydrogens (tertiary/aromatic N) is 6. The standard InChI is InChI=1S/C46H32N2.2C42H30N2/c1-4-14-33(15-5-1)34-24-27-38(28-25-34)47(36-16-6-2-7-17-36)45-31-29-39(40-20-10-11-21-41(40)45)35-26-30-46-43(32-35)42-22-12-13-23-44(42)48(46)37-18-8-3-9-19-37;1-4-13-31(14-5-1)32-23-26-37(27-24-32)43(35-16-6-2-7-17-35)38-20-12-15-33(29-38)34-25-28-42-40(30-34)39-21-10-11-22-41(39)44(42)36-18-8-3-9-19-36;1-4-12-31(13-5-1)32-20-25-37(26-21-32)43(35-14-6-2-7-15-35)38-27-22-33(23-28-38)34-24-29-42-40(30-34)39-18-10-11-19-41(39)44(42)36-16-8-3-9-17-36/h1-32H;2*1-30H. The molecule has 0 aliphatic heterocycles. The topological polar surface area (TPSA) is 24.5 Å². The molecule has 642 valence electrons. The smallest absolute Gasteiger partial charge is 0.0541 e. The Morgan fingerprint density at radius 2 is 0.346 bits per heavy atom. The number of hydrogen-bond acceptors (Lipinski definition) is 3. The lowest BCUT2D eigenvalue weighted by Crippen LogP contribution is -2.10. The molecule has 0 saturated heterocycles. The van der Waals surface area contributed by atoms with E-state index < -0.39 is 0 Å².